The van der Waals surface area contributed by atoms with E-state index < -0.39 is 17.6 Å². The second-order valence-electron chi connectivity index (χ2n) is 4.91. The summed E-state index contributed by atoms with van der Waals surface area (Å²) in [6, 6.07) is 6.80. The minimum Gasteiger partial charge on any atom is -0.462 e. The van der Waals surface area contributed by atoms with Crippen molar-refractivity contribution in [2.45, 2.75) is 13.8 Å². The highest BCUT2D eigenvalue weighted by Crippen LogP contribution is 2.15. The fraction of sp³-hybridized carbons (Fsp3) is 0.167. The van der Waals surface area contributed by atoms with Gasteiger partial charge in [-0.2, -0.15) is 0 Å². The third-order valence-corrected chi connectivity index (χ3v) is 3.05. The van der Waals surface area contributed by atoms with Gasteiger partial charge in [-0.25, -0.2) is 9.18 Å². The molecule has 0 fully saturated rings. The number of aromatic nitrogens is 1. The highest BCUT2D eigenvalue weighted by molar-refractivity contribution is 6.26. The van der Waals surface area contributed by atoms with Gasteiger partial charge in [-0.15, -0.1) is 0 Å². The molecule has 0 unspecified atom stereocenters. The summed E-state index contributed by atoms with van der Waals surface area (Å²) in [7, 11) is 0. The summed E-state index contributed by atoms with van der Waals surface area (Å²) in [6.45, 7) is 3.67. The van der Waals surface area contributed by atoms with E-state index >= 15 is 0 Å². The minimum absolute atomic E-state index is 0.120. The molecule has 23 heavy (non-hydrogen) atoms. The molecule has 0 aliphatic rings. The molecule has 0 saturated carbocycles. The number of ketones is 1. The number of aryl methyl sites for hydroxylation is 1. The highest BCUT2D eigenvalue weighted by atomic mass is 19.1. The molecule has 0 aliphatic carbocycles. The predicted octanol–water partition coefficient (Wildman–Crippen LogP) is 3.36. The maximum absolute atomic E-state index is 13.0. The Morgan fingerprint density at radius 2 is 1.91 bits per heavy atom. The first kappa shape index (κ1) is 16.5. The molecule has 0 radical (unpaired) electrons. The SMILES string of the molecule is CCOC(=O)/C(=C\c1cncc(C)c1)C(=O)c1ccc(F)cc1. The van der Waals surface area contributed by atoms with Crippen molar-refractivity contribution in [3.63, 3.8) is 0 Å². The number of nitrogens with zero attached hydrogens (tertiary/aromatic N) is 1. The second kappa shape index (κ2) is 7.45. The van der Waals surface area contributed by atoms with E-state index in [4.69, 9.17) is 4.74 Å². The number of esters is 1. The number of Topliss-reactive ketones (excluding diaryl/α,β-unsaturated/α-hetero) is 1. The van der Waals surface area contributed by atoms with Crippen LogP contribution in [0.15, 0.2) is 48.3 Å². The smallest absolute Gasteiger partial charge is 0.342 e. The third kappa shape index (κ3) is 4.32. The molecule has 0 spiro atoms. The first-order chi connectivity index (χ1) is 11.0. The Morgan fingerprint density at radius 3 is 2.52 bits per heavy atom. The van der Waals surface area contributed by atoms with E-state index in [0.29, 0.717) is 5.56 Å². The van der Waals surface area contributed by atoms with E-state index in [2.05, 4.69) is 4.98 Å². The van der Waals surface area contributed by atoms with Crippen molar-refractivity contribution in [2.75, 3.05) is 6.61 Å². The number of hydrogen-bond donors (Lipinski definition) is 0. The number of pyridine rings is 1. The van der Waals surface area contributed by atoms with Gasteiger partial charge < -0.3 is 4.74 Å². The van der Waals surface area contributed by atoms with Crippen LogP contribution in [-0.2, 0) is 9.53 Å². The molecule has 1 aromatic heterocycles. The number of rotatable bonds is 5. The molecule has 0 atom stereocenters. The van der Waals surface area contributed by atoms with Gasteiger partial charge in [-0.3, -0.25) is 9.78 Å². The van der Waals surface area contributed by atoms with Gasteiger partial charge in [0.15, 0.2) is 5.78 Å². The first-order valence-electron chi connectivity index (χ1n) is 7.12. The molecule has 0 aliphatic heterocycles. The lowest BCUT2D eigenvalue weighted by atomic mass is 10.0. The van der Waals surface area contributed by atoms with Gasteiger partial charge in [0.1, 0.15) is 11.4 Å². The van der Waals surface area contributed by atoms with Crippen molar-refractivity contribution in [3.8, 4) is 0 Å². The number of benzene rings is 1. The van der Waals surface area contributed by atoms with Gasteiger partial charge in [0, 0.05) is 18.0 Å². The van der Waals surface area contributed by atoms with E-state index in [1.54, 1.807) is 25.4 Å². The summed E-state index contributed by atoms with van der Waals surface area (Å²) in [4.78, 5) is 28.7. The summed E-state index contributed by atoms with van der Waals surface area (Å²) in [5, 5.41) is 0. The largest absolute Gasteiger partial charge is 0.462 e. The predicted molar refractivity (Wildman–Crippen MR) is 84.3 cm³/mol. The zero-order valence-electron chi connectivity index (χ0n) is 12.9. The molecule has 0 amide bonds. The molecule has 0 bridgehead atoms. The molecule has 0 saturated heterocycles. The highest BCUT2D eigenvalue weighted by Gasteiger charge is 2.21. The maximum Gasteiger partial charge on any atom is 0.342 e. The zero-order chi connectivity index (χ0) is 16.8. The summed E-state index contributed by atoms with van der Waals surface area (Å²) in [6.07, 6.45) is 4.65. The van der Waals surface area contributed by atoms with Crippen molar-refractivity contribution in [1.29, 1.82) is 0 Å². The van der Waals surface area contributed by atoms with Crippen LogP contribution in [0.2, 0.25) is 0 Å². The molecule has 1 heterocycles. The van der Waals surface area contributed by atoms with Crippen LogP contribution in [0.4, 0.5) is 4.39 Å². The molecule has 0 N–H and O–H groups in total. The van der Waals surface area contributed by atoms with Crippen molar-refractivity contribution in [1.82, 2.24) is 4.98 Å². The molecular formula is C18H16FNO3. The van der Waals surface area contributed by atoms with Crippen LogP contribution >= 0.6 is 0 Å². The number of carbonyl (C=O) groups is 2. The third-order valence-electron chi connectivity index (χ3n) is 3.05. The average Bonchev–Trinajstić information content (AvgIpc) is 2.53. The summed E-state index contributed by atoms with van der Waals surface area (Å²) < 4.78 is 17.9. The molecule has 1 aromatic carbocycles. The number of halogens is 1. The zero-order valence-corrected chi connectivity index (χ0v) is 12.9. The van der Waals surface area contributed by atoms with E-state index in [-0.39, 0.29) is 17.7 Å². The quantitative estimate of drug-likeness (QED) is 0.279. The van der Waals surface area contributed by atoms with Gasteiger partial charge in [-0.05, 0) is 61.4 Å². The van der Waals surface area contributed by atoms with Gasteiger partial charge >= 0.3 is 5.97 Å². The van der Waals surface area contributed by atoms with Crippen molar-refractivity contribution < 1.29 is 18.7 Å². The van der Waals surface area contributed by atoms with Crippen molar-refractivity contribution in [2.24, 2.45) is 0 Å². The normalized spacial score (nSPS) is 11.2. The first-order valence-corrected chi connectivity index (χ1v) is 7.12. The Bertz CT molecular complexity index is 751. The van der Waals surface area contributed by atoms with Crippen LogP contribution in [0.5, 0.6) is 0 Å². The van der Waals surface area contributed by atoms with Crippen LogP contribution in [0, 0.1) is 12.7 Å². The molecule has 2 rings (SSSR count). The number of hydrogen-bond acceptors (Lipinski definition) is 4. The second-order valence-corrected chi connectivity index (χ2v) is 4.91. The van der Waals surface area contributed by atoms with E-state index in [9.17, 15) is 14.0 Å². The maximum atomic E-state index is 13.0. The lowest BCUT2D eigenvalue weighted by Crippen LogP contribution is -2.16. The average molecular weight is 313 g/mol. The molecular weight excluding hydrogens is 297 g/mol. The fourth-order valence-corrected chi connectivity index (χ4v) is 2.01. The lowest BCUT2D eigenvalue weighted by molar-refractivity contribution is -0.137. The van der Waals surface area contributed by atoms with E-state index in [1.807, 2.05) is 6.92 Å². The van der Waals surface area contributed by atoms with Crippen LogP contribution < -0.4 is 0 Å². The Kier molecular flexibility index (Phi) is 5.36. The molecule has 118 valence electrons. The number of carbonyl (C=O) groups excluding carboxylic acids is 2. The minimum atomic E-state index is -0.719. The van der Waals surface area contributed by atoms with Gasteiger partial charge in [0.2, 0.25) is 0 Å². The van der Waals surface area contributed by atoms with E-state index in [1.165, 1.54) is 30.3 Å². The Labute approximate surface area is 133 Å². The van der Waals surface area contributed by atoms with Crippen LogP contribution in [0.3, 0.4) is 0 Å². The molecule has 5 heteroatoms. The summed E-state index contributed by atoms with van der Waals surface area (Å²) in [5.41, 5.74) is 1.61. The van der Waals surface area contributed by atoms with E-state index in [0.717, 1.165) is 5.56 Å². The van der Waals surface area contributed by atoms with Crippen molar-refractivity contribution in [3.05, 3.63) is 70.8 Å². The topological polar surface area (TPSA) is 56.3 Å². The Morgan fingerprint density at radius 1 is 1.22 bits per heavy atom. The van der Waals surface area contributed by atoms with Crippen LogP contribution in [0.1, 0.15) is 28.4 Å². The van der Waals surface area contributed by atoms with Crippen molar-refractivity contribution >= 4 is 17.8 Å². The van der Waals surface area contributed by atoms with Gasteiger partial charge in [0.05, 0.1) is 6.61 Å². The Balaban J connectivity index is 2.43. The molecule has 2 aromatic rings. The summed E-state index contributed by atoms with van der Waals surface area (Å²) >= 11 is 0. The van der Waals surface area contributed by atoms with Gasteiger partial charge in [-0.1, -0.05) is 0 Å². The fourth-order valence-electron chi connectivity index (χ4n) is 2.01. The summed E-state index contributed by atoms with van der Waals surface area (Å²) in [5.74, 6) is -1.70. The van der Waals surface area contributed by atoms with Gasteiger partial charge in [0.25, 0.3) is 0 Å². The standard InChI is InChI=1S/C18H16FNO3/c1-3-23-18(22)16(9-13-8-12(2)10-20-11-13)17(21)14-4-6-15(19)7-5-14/h4-11H,3H2,1-2H3/b16-9-. The van der Waals surface area contributed by atoms with Crippen LogP contribution in [0.25, 0.3) is 6.08 Å². The number of ether oxygens (including phenoxy) is 1. The molecule has 4 nitrogen and oxygen atoms in total. The lowest BCUT2D eigenvalue weighted by Gasteiger charge is -2.07. The Hall–Kier alpha value is -2.82. The monoisotopic (exact) mass is 313 g/mol. The van der Waals surface area contributed by atoms with Crippen LogP contribution in [-0.4, -0.2) is 23.3 Å².